The first-order chi connectivity index (χ1) is 9.25. The highest BCUT2D eigenvalue weighted by Crippen LogP contribution is 2.63. The Bertz CT molecular complexity index is 544. The molecule has 0 saturated heterocycles. The molecule has 110 valence electrons. The van der Waals surface area contributed by atoms with Crippen molar-refractivity contribution in [1.82, 2.24) is 0 Å². The standard InChI is InChI=1S/C18H27NO/c1-11-6-7-14(12(2)15(11)20)19-16-17(3,4)13-8-9-18(16,5)10-13/h6-7,13,16,19-20H,8-10H2,1-5H3/t13-,16?,18+/m0/s1. The van der Waals surface area contributed by atoms with E-state index in [1.807, 2.05) is 19.9 Å². The zero-order valence-corrected chi connectivity index (χ0v) is 13.4. The molecule has 2 nitrogen and oxygen atoms in total. The summed E-state index contributed by atoms with van der Waals surface area (Å²) in [5.41, 5.74) is 3.76. The highest BCUT2D eigenvalue weighted by molar-refractivity contribution is 5.60. The molecule has 0 radical (unpaired) electrons. The van der Waals surface area contributed by atoms with E-state index in [2.05, 4.69) is 32.2 Å². The summed E-state index contributed by atoms with van der Waals surface area (Å²) in [4.78, 5) is 0. The van der Waals surface area contributed by atoms with Crippen LogP contribution in [0.5, 0.6) is 5.75 Å². The summed E-state index contributed by atoms with van der Waals surface area (Å²) in [5.74, 6) is 1.27. The predicted molar refractivity (Wildman–Crippen MR) is 84.2 cm³/mol. The third-order valence-corrected chi connectivity index (χ3v) is 6.20. The molecule has 2 saturated carbocycles. The fraction of sp³-hybridized carbons (Fsp3) is 0.667. The Balaban J connectivity index is 1.94. The summed E-state index contributed by atoms with van der Waals surface area (Å²) >= 11 is 0. The van der Waals surface area contributed by atoms with Gasteiger partial charge in [-0.2, -0.15) is 0 Å². The molecule has 20 heavy (non-hydrogen) atoms. The van der Waals surface area contributed by atoms with Crippen LogP contribution in [0.1, 0.15) is 51.2 Å². The van der Waals surface area contributed by atoms with Crippen LogP contribution < -0.4 is 5.32 Å². The van der Waals surface area contributed by atoms with E-state index in [4.69, 9.17) is 0 Å². The van der Waals surface area contributed by atoms with Gasteiger partial charge in [-0.05, 0) is 61.5 Å². The van der Waals surface area contributed by atoms with Crippen molar-refractivity contribution in [3.05, 3.63) is 23.3 Å². The van der Waals surface area contributed by atoms with Crippen LogP contribution in [0.25, 0.3) is 0 Å². The molecule has 2 aliphatic carbocycles. The van der Waals surface area contributed by atoms with E-state index in [0.717, 1.165) is 22.7 Å². The Morgan fingerprint density at radius 1 is 1.20 bits per heavy atom. The van der Waals surface area contributed by atoms with Crippen LogP contribution in [0, 0.1) is 30.6 Å². The molecule has 2 N–H and O–H groups in total. The number of nitrogens with one attached hydrogen (secondary N) is 1. The van der Waals surface area contributed by atoms with E-state index in [1.54, 1.807) is 0 Å². The van der Waals surface area contributed by atoms with Gasteiger partial charge in [-0.25, -0.2) is 0 Å². The number of hydrogen-bond donors (Lipinski definition) is 2. The number of benzene rings is 1. The molecule has 1 aromatic carbocycles. The first kappa shape index (κ1) is 13.8. The van der Waals surface area contributed by atoms with Gasteiger partial charge in [0.2, 0.25) is 0 Å². The molecular formula is C18H27NO. The van der Waals surface area contributed by atoms with Gasteiger partial charge < -0.3 is 10.4 Å². The maximum Gasteiger partial charge on any atom is 0.123 e. The lowest BCUT2D eigenvalue weighted by molar-refractivity contribution is 0.155. The van der Waals surface area contributed by atoms with Crippen LogP contribution in [-0.4, -0.2) is 11.1 Å². The summed E-state index contributed by atoms with van der Waals surface area (Å²) in [6, 6.07) is 4.62. The van der Waals surface area contributed by atoms with Gasteiger partial charge in [-0.1, -0.05) is 26.8 Å². The number of phenolic OH excluding ortho intramolecular Hbond substituents is 1. The van der Waals surface area contributed by atoms with Crippen LogP contribution in [0.2, 0.25) is 0 Å². The highest BCUT2D eigenvalue weighted by Gasteiger charge is 2.59. The predicted octanol–water partition coefficient (Wildman–Crippen LogP) is 4.64. The SMILES string of the molecule is Cc1ccc(NC2C(C)(C)[C@H]3CC[C@]2(C)C3)c(C)c1O. The molecular weight excluding hydrogens is 246 g/mol. The van der Waals surface area contributed by atoms with E-state index in [0.29, 0.717) is 22.6 Å². The number of rotatable bonds is 2. The number of anilines is 1. The Labute approximate surface area is 122 Å². The highest BCUT2D eigenvalue weighted by atomic mass is 16.3. The number of hydrogen-bond acceptors (Lipinski definition) is 2. The number of aryl methyl sites for hydroxylation is 1. The molecule has 0 aliphatic heterocycles. The van der Waals surface area contributed by atoms with Crippen molar-refractivity contribution < 1.29 is 5.11 Å². The zero-order valence-electron chi connectivity index (χ0n) is 13.4. The molecule has 0 spiro atoms. The normalized spacial score (nSPS) is 34.5. The first-order valence-electron chi connectivity index (χ1n) is 7.81. The van der Waals surface area contributed by atoms with Crippen molar-refractivity contribution in [3.8, 4) is 5.75 Å². The van der Waals surface area contributed by atoms with Crippen LogP contribution in [0.4, 0.5) is 5.69 Å². The van der Waals surface area contributed by atoms with Gasteiger partial charge in [0, 0.05) is 17.3 Å². The van der Waals surface area contributed by atoms with E-state index >= 15 is 0 Å². The van der Waals surface area contributed by atoms with Crippen molar-refractivity contribution in [3.63, 3.8) is 0 Å². The van der Waals surface area contributed by atoms with Gasteiger partial charge in [0.25, 0.3) is 0 Å². The smallest absolute Gasteiger partial charge is 0.123 e. The minimum atomic E-state index is 0.333. The second-order valence-corrected chi connectivity index (χ2v) is 7.90. The largest absolute Gasteiger partial charge is 0.507 e. The Hall–Kier alpha value is -1.18. The number of phenols is 1. The quantitative estimate of drug-likeness (QED) is 0.823. The topological polar surface area (TPSA) is 32.3 Å². The Kier molecular flexibility index (Phi) is 2.87. The summed E-state index contributed by atoms with van der Waals surface area (Å²) in [6.07, 6.45) is 4.05. The summed E-state index contributed by atoms with van der Waals surface area (Å²) in [6.45, 7) is 11.2. The van der Waals surface area contributed by atoms with Gasteiger partial charge in [-0.3, -0.25) is 0 Å². The molecule has 1 aromatic rings. The van der Waals surface area contributed by atoms with Crippen molar-refractivity contribution in [1.29, 1.82) is 0 Å². The monoisotopic (exact) mass is 273 g/mol. The fourth-order valence-electron chi connectivity index (χ4n) is 4.81. The minimum absolute atomic E-state index is 0.333. The lowest BCUT2D eigenvalue weighted by Crippen LogP contribution is -2.45. The molecule has 0 heterocycles. The first-order valence-corrected chi connectivity index (χ1v) is 7.81. The molecule has 2 fully saturated rings. The molecule has 2 bridgehead atoms. The van der Waals surface area contributed by atoms with Crippen molar-refractivity contribution >= 4 is 5.69 Å². The lowest BCUT2D eigenvalue weighted by atomic mass is 9.68. The lowest BCUT2D eigenvalue weighted by Gasteiger charge is -2.44. The third kappa shape index (κ3) is 1.77. The molecule has 2 aliphatic rings. The maximum absolute atomic E-state index is 10.1. The maximum atomic E-state index is 10.1. The second kappa shape index (κ2) is 4.16. The average Bonchev–Trinajstić information content (AvgIpc) is 2.85. The van der Waals surface area contributed by atoms with E-state index < -0.39 is 0 Å². The molecule has 0 aromatic heterocycles. The van der Waals surface area contributed by atoms with Crippen LogP contribution in [0.15, 0.2) is 12.1 Å². The number of fused-ring (bicyclic) bond motifs is 2. The molecule has 3 atom stereocenters. The minimum Gasteiger partial charge on any atom is -0.507 e. The van der Waals surface area contributed by atoms with Crippen LogP contribution in [0.3, 0.4) is 0 Å². The van der Waals surface area contributed by atoms with Crippen molar-refractivity contribution in [2.75, 3.05) is 5.32 Å². The van der Waals surface area contributed by atoms with Gasteiger partial charge in [0.05, 0.1) is 0 Å². The van der Waals surface area contributed by atoms with Gasteiger partial charge in [0.1, 0.15) is 5.75 Å². The third-order valence-electron chi connectivity index (χ3n) is 6.20. The van der Waals surface area contributed by atoms with Gasteiger partial charge >= 0.3 is 0 Å². The number of aromatic hydroxyl groups is 1. The zero-order chi connectivity index (χ0) is 14.7. The van der Waals surface area contributed by atoms with Crippen molar-refractivity contribution in [2.24, 2.45) is 16.7 Å². The molecule has 0 amide bonds. The molecule has 1 unspecified atom stereocenters. The van der Waals surface area contributed by atoms with Crippen molar-refractivity contribution in [2.45, 2.75) is 59.9 Å². The van der Waals surface area contributed by atoms with Crippen LogP contribution >= 0.6 is 0 Å². The summed E-state index contributed by atoms with van der Waals surface area (Å²) < 4.78 is 0. The van der Waals surface area contributed by atoms with E-state index in [1.165, 1.54) is 19.3 Å². The van der Waals surface area contributed by atoms with Gasteiger partial charge in [-0.15, -0.1) is 0 Å². The molecule has 2 heteroatoms. The van der Waals surface area contributed by atoms with Gasteiger partial charge in [0.15, 0.2) is 0 Å². The second-order valence-electron chi connectivity index (χ2n) is 7.90. The fourth-order valence-corrected chi connectivity index (χ4v) is 4.81. The average molecular weight is 273 g/mol. The Morgan fingerprint density at radius 2 is 1.90 bits per heavy atom. The molecule has 3 rings (SSSR count). The van der Waals surface area contributed by atoms with E-state index in [-0.39, 0.29) is 0 Å². The van der Waals surface area contributed by atoms with E-state index in [9.17, 15) is 5.11 Å². The summed E-state index contributed by atoms with van der Waals surface area (Å²) in [5, 5.41) is 13.9. The Morgan fingerprint density at radius 3 is 2.50 bits per heavy atom. The van der Waals surface area contributed by atoms with Crippen LogP contribution in [-0.2, 0) is 0 Å². The summed E-state index contributed by atoms with van der Waals surface area (Å²) in [7, 11) is 0.